The molecule has 11 heteroatoms. The Labute approximate surface area is 174 Å². The fourth-order valence-corrected chi connectivity index (χ4v) is 6.31. The zero-order valence-electron chi connectivity index (χ0n) is 17.3. The largest absolute Gasteiger partial charge is 0.442 e. The van der Waals surface area contributed by atoms with Crippen LogP contribution in [0.15, 0.2) is 17.1 Å². The van der Waals surface area contributed by atoms with Crippen LogP contribution in [0.5, 0.6) is 0 Å². The molecule has 8 nitrogen and oxygen atoms in total. The van der Waals surface area contributed by atoms with Crippen LogP contribution >= 0.6 is 0 Å². The van der Waals surface area contributed by atoms with E-state index >= 15 is 0 Å². The Morgan fingerprint density at radius 3 is 2.57 bits per heavy atom. The number of anilines is 1. The third-order valence-corrected chi connectivity index (χ3v) is 7.95. The number of amides is 1. The average molecular weight is 445 g/mol. The predicted molar refractivity (Wildman–Crippen MR) is 108 cm³/mol. The van der Waals surface area contributed by atoms with Crippen LogP contribution in [0.4, 0.5) is 19.4 Å². The summed E-state index contributed by atoms with van der Waals surface area (Å²) in [5, 5.41) is 2.82. The number of nitrogens with zero attached hydrogens (tertiary/aromatic N) is 2. The lowest BCUT2D eigenvalue weighted by Crippen LogP contribution is -2.69. The van der Waals surface area contributed by atoms with Crippen LogP contribution in [0, 0.1) is 11.7 Å². The van der Waals surface area contributed by atoms with Crippen molar-refractivity contribution in [1.82, 2.24) is 10.3 Å². The Balaban J connectivity index is 2.16. The Morgan fingerprint density at radius 2 is 2.03 bits per heavy atom. The van der Waals surface area contributed by atoms with Gasteiger partial charge in [0, 0.05) is 0 Å². The highest BCUT2D eigenvalue weighted by Gasteiger charge is 2.64. The van der Waals surface area contributed by atoms with Crippen molar-refractivity contribution < 1.29 is 26.7 Å². The highest BCUT2D eigenvalue weighted by Crippen LogP contribution is 2.49. The molecule has 1 aromatic rings. The Hall–Kier alpha value is -2.30. The minimum absolute atomic E-state index is 0.0121. The first-order valence-electron chi connectivity index (χ1n) is 9.55. The van der Waals surface area contributed by atoms with Crippen LogP contribution < -0.4 is 11.1 Å². The minimum Gasteiger partial charge on any atom is -0.442 e. The summed E-state index contributed by atoms with van der Waals surface area (Å²) in [6.45, 7) is 4.99. The molecule has 2 fully saturated rings. The fourth-order valence-electron chi connectivity index (χ4n) is 3.78. The lowest BCUT2D eigenvalue weighted by Gasteiger charge is -2.45. The van der Waals surface area contributed by atoms with Gasteiger partial charge >= 0.3 is 6.09 Å². The number of nitrogen functional groups attached to an aromatic ring is 1. The summed E-state index contributed by atoms with van der Waals surface area (Å²) < 4.78 is 58.9. The predicted octanol–water partition coefficient (Wildman–Crippen LogP) is 2.49. The molecule has 3 N–H and O–H groups in total. The number of sulfone groups is 1. The molecular weight excluding hydrogens is 418 g/mol. The molecule has 1 saturated heterocycles. The molecule has 0 radical (unpaired) electrons. The summed E-state index contributed by atoms with van der Waals surface area (Å²) in [4.78, 5) is 20.1. The minimum atomic E-state index is -4.22. The lowest BCUT2D eigenvalue weighted by molar-refractivity contribution is 0.0602. The molecule has 2 heterocycles. The summed E-state index contributed by atoms with van der Waals surface area (Å²) in [6.07, 6.45) is -0.122. The molecule has 1 amide bonds. The van der Waals surface area contributed by atoms with Crippen molar-refractivity contribution in [1.29, 1.82) is 0 Å². The second-order valence-electron chi connectivity index (χ2n) is 9.02. The molecule has 1 aromatic heterocycles. The molecule has 0 unspecified atom stereocenters. The maximum absolute atomic E-state index is 14.6. The number of halogens is 2. The topological polar surface area (TPSA) is 124 Å². The molecule has 1 aliphatic carbocycles. The monoisotopic (exact) mass is 444 g/mol. The quantitative estimate of drug-likeness (QED) is 0.734. The van der Waals surface area contributed by atoms with Crippen molar-refractivity contribution in [3.8, 4) is 0 Å². The molecule has 2 aliphatic rings. The van der Waals surface area contributed by atoms with Gasteiger partial charge in [0.1, 0.15) is 35.4 Å². The first-order valence-corrected chi connectivity index (χ1v) is 11.2. The zero-order valence-corrected chi connectivity index (χ0v) is 18.1. The van der Waals surface area contributed by atoms with Crippen LogP contribution in [0.25, 0.3) is 0 Å². The number of pyridine rings is 1. The van der Waals surface area contributed by atoms with E-state index in [1.165, 1.54) is 13.0 Å². The maximum Gasteiger partial charge on any atom is 0.435 e. The van der Waals surface area contributed by atoms with E-state index in [0.29, 0.717) is 12.8 Å². The lowest BCUT2D eigenvalue weighted by atomic mass is 9.94. The van der Waals surface area contributed by atoms with Crippen LogP contribution in [0.2, 0.25) is 0 Å². The molecule has 0 aromatic carbocycles. The van der Waals surface area contributed by atoms with E-state index in [2.05, 4.69) is 15.3 Å². The number of carbonyl (C=O) groups excluding carboxylic acids is 1. The number of nitrogens with two attached hydrogens (primary N) is 1. The smallest absolute Gasteiger partial charge is 0.435 e. The van der Waals surface area contributed by atoms with Gasteiger partial charge in [0.2, 0.25) is 0 Å². The number of carbonyl (C=O) groups is 1. The van der Waals surface area contributed by atoms with Gasteiger partial charge in [-0.1, -0.05) is 0 Å². The Bertz CT molecular complexity index is 1000. The summed E-state index contributed by atoms with van der Waals surface area (Å²) in [5.74, 6) is -2.36. The standard InChI is InChI=1S/C19H26F2N4O4S/c1-17(2,3)29-16(26)24-15-19(9-20,11-5-6-11)30(27,28)10-18(4,25-15)14-12(21)7-8-13(22)23-14/h7-8,11H,5-6,9-10H2,1-4H3,(H2,22,23)(H,24,25,26)/t18-,19-/m0/s1. The number of nitrogens with one attached hydrogen (secondary N) is 1. The molecule has 2 atom stereocenters. The second-order valence-corrected chi connectivity index (χ2v) is 11.3. The van der Waals surface area contributed by atoms with Crippen molar-refractivity contribution in [2.45, 2.75) is 56.4 Å². The summed E-state index contributed by atoms with van der Waals surface area (Å²) in [7, 11) is -4.22. The van der Waals surface area contributed by atoms with Gasteiger partial charge < -0.3 is 15.8 Å². The number of alkyl halides is 1. The van der Waals surface area contributed by atoms with Crippen LogP contribution in [-0.4, -0.2) is 48.1 Å². The number of hydrogen-bond donors (Lipinski definition) is 2. The van der Waals surface area contributed by atoms with E-state index < -0.39 is 56.0 Å². The van der Waals surface area contributed by atoms with Gasteiger partial charge in [-0.2, -0.15) is 4.99 Å². The normalized spacial score (nSPS) is 30.0. The van der Waals surface area contributed by atoms with Crippen LogP contribution in [0.3, 0.4) is 0 Å². The van der Waals surface area contributed by atoms with E-state index in [1.54, 1.807) is 20.8 Å². The number of aliphatic imine (C=N–C) groups is 1. The third kappa shape index (κ3) is 3.86. The average Bonchev–Trinajstić information content (AvgIpc) is 3.40. The van der Waals surface area contributed by atoms with Crippen molar-refractivity contribution in [2.75, 3.05) is 18.2 Å². The van der Waals surface area contributed by atoms with Gasteiger partial charge in [-0.3, -0.25) is 0 Å². The van der Waals surface area contributed by atoms with Crippen molar-refractivity contribution >= 4 is 27.6 Å². The first-order chi connectivity index (χ1) is 13.7. The highest BCUT2D eigenvalue weighted by atomic mass is 32.2. The van der Waals surface area contributed by atoms with Crippen LogP contribution in [-0.2, 0) is 20.1 Å². The SMILES string of the molecule is CC(C)(C)OC(=O)/N=C1\N[C@](C)(c2nc(N)ccc2F)CS(=O)(=O)[C@@]1(CF)C1CC1. The molecular formula is C19H26F2N4O4S. The number of aromatic nitrogens is 1. The van der Waals surface area contributed by atoms with Gasteiger partial charge in [-0.25, -0.2) is 27.0 Å². The van der Waals surface area contributed by atoms with E-state index in [4.69, 9.17) is 10.5 Å². The van der Waals surface area contributed by atoms with Crippen molar-refractivity contribution in [3.05, 3.63) is 23.6 Å². The Kier molecular flexibility index (Phi) is 5.33. The van der Waals surface area contributed by atoms with Crippen molar-refractivity contribution in [2.24, 2.45) is 10.9 Å². The number of rotatable bonds is 3. The van der Waals surface area contributed by atoms with Gasteiger partial charge in [0.25, 0.3) is 0 Å². The number of ether oxygens (including phenoxy) is 1. The summed E-state index contributed by atoms with van der Waals surface area (Å²) in [5.41, 5.74) is 2.90. The van der Waals surface area contributed by atoms with E-state index in [0.717, 1.165) is 6.07 Å². The second kappa shape index (κ2) is 7.14. The molecule has 3 rings (SSSR count). The van der Waals surface area contributed by atoms with E-state index in [9.17, 15) is 22.0 Å². The fraction of sp³-hybridized carbons (Fsp3) is 0.632. The van der Waals surface area contributed by atoms with Crippen LogP contribution in [0.1, 0.15) is 46.2 Å². The molecule has 166 valence electrons. The molecule has 0 spiro atoms. The van der Waals surface area contributed by atoms with E-state index in [-0.39, 0.29) is 17.3 Å². The molecule has 1 aliphatic heterocycles. The Morgan fingerprint density at radius 1 is 1.40 bits per heavy atom. The third-order valence-electron chi connectivity index (χ3n) is 5.25. The van der Waals surface area contributed by atoms with Gasteiger partial charge in [-0.05, 0) is 58.6 Å². The maximum atomic E-state index is 14.6. The van der Waals surface area contributed by atoms with Gasteiger partial charge in [0.05, 0.1) is 11.3 Å². The van der Waals surface area contributed by atoms with Gasteiger partial charge in [0.15, 0.2) is 14.6 Å². The number of amidine groups is 1. The first kappa shape index (κ1) is 22.4. The zero-order chi connectivity index (χ0) is 22.5. The molecule has 0 bridgehead atoms. The number of hydrogen-bond acceptors (Lipinski definition) is 6. The van der Waals surface area contributed by atoms with E-state index in [1.807, 2.05) is 0 Å². The summed E-state index contributed by atoms with van der Waals surface area (Å²) in [6, 6.07) is 2.31. The van der Waals surface area contributed by atoms with Crippen molar-refractivity contribution in [3.63, 3.8) is 0 Å². The molecule has 1 saturated carbocycles. The van der Waals surface area contributed by atoms with Gasteiger partial charge in [-0.15, -0.1) is 0 Å². The highest BCUT2D eigenvalue weighted by molar-refractivity contribution is 7.93. The molecule has 30 heavy (non-hydrogen) atoms. The summed E-state index contributed by atoms with van der Waals surface area (Å²) >= 11 is 0.